The van der Waals surface area contributed by atoms with Crippen molar-refractivity contribution in [1.29, 1.82) is 0 Å². The molecule has 0 aliphatic heterocycles. The average molecular weight is 299 g/mol. The van der Waals surface area contributed by atoms with Gasteiger partial charge in [0.2, 0.25) is 0 Å². The lowest BCUT2D eigenvalue weighted by Crippen LogP contribution is -2.27. The second-order valence-electron chi connectivity index (χ2n) is 4.46. The highest BCUT2D eigenvalue weighted by Crippen LogP contribution is 2.17. The Morgan fingerprint density at radius 1 is 1.33 bits per heavy atom. The molecule has 4 nitrogen and oxygen atoms in total. The highest BCUT2D eigenvalue weighted by Gasteiger charge is 2.12. The molecule has 0 fully saturated rings. The van der Waals surface area contributed by atoms with E-state index in [0.717, 1.165) is 11.3 Å². The number of benzene rings is 1. The number of hydrazone groups is 1. The van der Waals surface area contributed by atoms with E-state index >= 15 is 0 Å². The van der Waals surface area contributed by atoms with Crippen molar-refractivity contribution in [3.63, 3.8) is 0 Å². The number of amides is 1. The van der Waals surface area contributed by atoms with Crippen LogP contribution in [0.5, 0.6) is 0 Å². The summed E-state index contributed by atoms with van der Waals surface area (Å²) in [5.74, 6) is 0.706. The molecule has 0 aliphatic rings. The Bertz CT molecular complexity index is 587. The number of thioether (sulfide) groups is 1. The van der Waals surface area contributed by atoms with Gasteiger partial charge in [0.1, 0.15) is 0 Å². The van der Waals surface area contributed by atoms with Gasteiger partial charge in [-0.25, -0.2) is 5.43 Å². The third kappa shape index (κ3) is 5.39. The number of pyridine rings is 1. The van der Waals surface area contributed by atoms with Crippen LogP contribution in [0.2, 0.25) is 0 Å². The predicted octanol–water partition coefficient (Wildman–Crippen LogP) is 2.85. The highest BCUT2D eigenvalue weighted by molar-refractivity contribution is 7.99. The van der Waals surface area contributed by atoms with Crippen molar-refractivity contribution in [3.8, 4) is 0 Å². The molecule has 21 heavy (non-hydrogen) atoms. The van der Waals surface area contributed by atoms with E-state index in [4.69, 9.17) is 0 Å². The van der Waals surface area contributed by atoms with E-state index < -0.39 is 0 Å². The SMILES string of the molecule is C[C@H](SCc1ccccc1)C(=O)N/N=C\c1cccnc1. The molecule has 1 amide bonds. The standard InChI is InChI=1S/C16H17N3OS/c1-13(21-12-14-6-3-2-4-7-14)16(20)19-18-11-15-8-5-9-17-10-15/h2-11,13H,12H2,1H3,(H,19,20)/b18-11-/t13-/m0/s1. The molecule has 0 aliphatic carbocycles. The predicted molar refractivity (Wildman–Crippen MR) is 87.2 cm³/mol. The number of hydrogen-bond donors (Lipinski definition) is 1. The summed E-state index contributed by atoms with van der Waals surface area (Å²) in [6, 6.07) is 13.8. The van der Waals surface area contributed by atoms with Gasteiger partial charge in [0, 0.05) is 23.7 Å². The Hall–Kier alpha value is -2.14. The van der Waals surface area contributed by atoms with Crippen molar-refractivity contribution < 1.29 is 4.79 Å². The molecular formula is C16H17N3OS. The fourth-order valence-electron chi connectivity index (χ4n) is 1.58. The van der Waals surface area contributed by atoms with Crippen molar-refractivity contribution in [3.05, 3.63) is 66.0 Å². The van der Waals surface area contributed by atoms with Crippen LogP contribution in [0.15, 0.2) is 60.0 Å². The van der Waals surface area contributed by atoms with Gasteiger partial charge >= 0.3 is 0 Å². The van der Waals surface area contributed by atoms with Crippen LogP contribution >= 0.6 is 11.8 Å². The van der Waals surface area contributed by atoms with Crippen molar-refractivity contribution >= 4 is 23.9 Å². The molecule has 1 aromatic carbocycles. The van der Waals surface area contributed by atoms with Crippen LogP contribution in [-0.4, -0.2) is 22.4 Å². The Labute approximate surface area is 128 Å². The monoisotopic (exact) mass is 299 g/mol. The molecule has 0 saturated carbocycles. The van der Waals surface area contributed by atoms with E-state index in [1.54, 1.807) is 30.4 Å². The second-order valence-corrected chi connectivity index (χ2v) is 5.79. The molecule has 1 aromatic heterocycles. The average Bonchev–Trinajstić information content (AvgIpc) is 2.54. The molecule has 5 heteroatoms. The summed E-state index contributed by atoms with van der Waals surface area (Å²) in [6.07, 6.45) is 4.96. The van der Waals surface area contributed by atoms with E-state index in [-0.39, 0.29) is 11.2 Å². The number of carbonyl (C=O) groups is 1. The van der Waals surface area contributed by atoms with Gasteiger partial charge in [-0.2, -0.15) is 5.10 Å². The summed E-state index contributed by atoms with van der Waals surface area (Å²) < 4.78 is 0. The summed E-state index contributed by atoms with van der Waals surface area (Å²) in [5.41, 5.74) is 4.61. The van der Waals surface area contributed by atoms with E-state index in [0.29, 0.717) is 0 Å². The highest BCUT2D eigenvalue weighted by atomic mass is 32.2. The van der Waals surface area contributed by atoms with Gasteiger partial charge in [0.05, 0.1) is 11.5 Å². The summed E-state index contributed by atoms with van der Waals surface area (Å²) in [5, 5.41) is 3.78. The number of nitrogens with one attached hydrogen (secondary N) is 1. The maximum atomic E-state index is 11.9. The van der Waals surface area contributed by atoms with Gasteiger partial charge < -0.3 is 0 Å². The number of carbonyl (C=O) groups excluding carboxylic acids is 1. The van der Waals surface area contributed by atoms with Crippen molar-refractivity contribution in [2.75, 3.05) is 0 Å². The summed E-state index contributed by atoms with van der Waals surface area (Å²) >= 11 is 1.59. The number of aromatic nitrogens is 1. The minimum Gasteiger partial charge on any atom is -0.272 e. The summed E-state index contributed by atoms with van der Waals surface area (Å²) in [4.78, 5) is 15.9. The maximum absolute atomic E-state index is 11.9. The molecule has 1 atom stereocenters. The molecule has 0 bridgehead atoms. The van der Waals surface area contributed by atoms with Crippen LogP contribution in [0, 0.1) is 0 Å². The van der Waals surface area contributed by atoms with Gasteiger partial charge in [0.15, 0.2) is 0 Å². The van der Waals surface area contributed by atoms with Gasteiger partial charge in [-0.05, 0) is 18.6 Å². The molecule has 0 unspecified atom stereocenters. The molecular weight excluding hydrogens is 282 g/mol. The molecule has 0 radical (unpaired) electrons. The van der Waals surface area contributed by atoms with Crippen LogP contribution in [0.4, 0.5) is 0 Å². The smallest absolute Gasteiger partial charge is 0.252 e. The van der Waals surface area contributed by atoms with Crippen LogP contribution in [0.3, 0.4) is 0 Å². The Balaban J connectivity index is 1.76. The molecule has 108 valence electrons. The first-order chi connectivity index (χ1) is 10.3. The van der Waals surface area contributed by atoms with Crippen LogP contribution in [-0.2, 0) is 10.5 Å². The van der Waals surface area contributed by atoms with Gasteiger partial charge in [0.25, 0.3) is 5.91 Å². The lowest BCUT2D eigenvalue weighted by molar-refractivity contribution is -0.120. The molecule has 0 saturated heterocycles. The quantitative estimate of drug-likeness (QED) is 0.659. The van der Waals surface area contributed by atoms with Crippen molar-refractivity contribution in [2.45, 2.75) is 17.9 Å². The summed E-state index contributed by atoms with van der Waals surface area (Å²) in [6.45, 7) is 1.88. The van der Waals surface area contributed by atoms with E-state index in [2.05, 4.69) is 27.6 Å². The lowest BCUT2D eigenvalue weighted by Gasteiger charge is -2.09. The fourth-order valence-corrected chi connectivity index (χ4v) is 2.42. The zero-order valence-corrected chi connectivity index (χ0v) is 12.6. The Kier molecular flexibility index (Phi) is 5.97. The summed E-state index contributed by atoms with van der Waals surface area (Å²) in [7, 11) is 0. The first kappa shape index (κ1) is 15.3. The first-order valence-electron chi connectivity index (χ1n) is 6.64. The number of rotatable bonds is 6. The minimum absolute atomic E-state index is 0.101. The van der Waals surface area contributed by atoms with E-state index in [1.165, 1.54) is 5.56 Å². The topological polar surface area (TPSA) is 54.4 Å². The van der Waals surface area contributed by atoms with Crippen molar-refractivity contribution in [1.82, 2.24) is 10.4 Å². The first-order valence-corrected chi connectivity index (χ1v) is 7.69. The Morgan fingerprint density at radius 2 is 2.14 bits per heavy atom. The van der Waals surface area contributed by atoms with Crippen LogP contribution < -0.4 is 5.43 Å². The lowest BCUT2D eigenvalue weighted by atomic mass is 10.2. The third-order valence-corrected chi connectivity index (χ3v) is 4.00. The number of hydrogen-bond acceptors (Lipinski definition) is 4. The van der Waals surface area contributed by atoms with Gasteiger partial charge in [-0.3, -0.25) is 9.78 Å². The third-order valence-electron chi connectivity index (χ3n) is 2.78. The zero-order valence-electron chi connectivity index (χ0n) is 11.8. The largest absolute Gasteiger partial charge is 0.272 e. The normalized spacial score (nSPS) is 12.2. The van der Waals surface area contributed by atoms with Crippen LogP contribution in [0.1, 0.15) is 18.1 Å². The maximum Gasteiger partial charge on any atom is 0.252 e. The number of nitrogens with zero attached hydrogens (tertiary/aromatic N) is 2. The van der Waals surface area contributed by atoms with Gasteiger partial charge in [-0.15, -0.1) is 11.8 Å². The minimum atomic E-state index is -0.156. The molecule has 1 N–H and O–H groups in total. The zero-order chi connectivity index (χ0) is 14.9. The van der Waals surface area contributed by atoms with E-state index in [1.807, 2.05) is 37.3 Å². The molecule has 2 aromatic rings. The Morgan fingerprint density at radius 3 is 2.86 bits per heavy atom. The fraction of sp³-hybridized carbons (Fsp3) is 0.188. The van der Waals surface area contributed by atoms with Crippen molar-refractivity contribution in [2.24, 2.45) is 5.10 Å². The van der Waals surface area contributed by atoms with E-state index in [9.17, 15) is 4.79 Å². The second kappa shape index (κ2) is 8.21. The molecule has 0 spiro atoms. The molecule has 1 heterocycles. The van der Waals surface area contributed by atoms with Gasteiger partial charge in [-0.1, -0.05) is 36.4 Å². The van der Waals surface area contributed by atoms with Crippen LogP contribution in [0.25, 0.3) is 0 Å². The molecule has 2 rings (SSSR count).